The van der Waals surface area contributed by atoms with E-state index in [4.69, 9.17) is 5.14 Å². The first-order valence-electron chi connectivity index (χ1n) is 8.09. The molecule has 2 aromatic carbocycles. The second-order valence-electron chi connectivity index (χ2n) is 5.87. The highest BCUT2D eigenvalue weighted by atomic mass is 32.2. The summed E-state index contributed by atoms with van der Waals surface area (Å²) < 4.78 is 22.4. The first-order chi connectivity index (χ1) is 11.8. The summed E-state index contributed by atoms with van der Waals surface area (Å²) in [7, 11) is -3.74. The second-order valence-corrected chi connectivity index (χ2v) is 7.43. The Morgan fingerprint density at radius 3 is 2.12 bits per heavy atom. The third-order valence-electron chi connectivity index (χ3n) is 3.72. The Balaban J connectivity index is 1.95. The standard InChI is InChI=1S/C18H23N3O3S/c1-3-4-14-5-7-15(8-6-14)20-13(2)18(22)21-16-9-11-17(12-10-16)25(19,23)24/h5-13,20H,3-4H2,1-2H3,(H,21,22)(H2,19,23,24). The van der Waals surface area contributed by atoms with Crippen LogP contribution in [-0.2, 0) is 21.2 Å². The predicted octanol–water partition coefficient (Wildman–Crippen LogP) is 2.73. The number of hydrogen-bond acceptors (Lipinski definition) is 4. The largest absolute Gasteiger partial charge is 0.374 e. The maximum Gasteiger partial charge on any atom is 0.246 e. The molecule has 2 rings (SSSR count). The number of nitrogens with one attached hydrogen (secondary N) is 2. The molecule has 1 unspecified atom stereocenters. The van der Waals surface area contributed by atoms with Crippen LogP contribution < -0.4 is 15.8 Å². The molecule has 0 aliphatic heterocycles. The number of hydrogen-bond donors (Lipinski definition) is 3. The molecule has 134 valence electrons. The van der Waals surface area contributed by atoms with Gasteiger partial charge in [0.1, 0.15) is 6.04 Å². The van der Waals surface area contributed by atoms with Gasteiger partial charge in [-0.1, -0.05) is 25.5 Å². The zero-order valence-electron chi connectivity index (χ0n) is 14.3. The molecule has 0 bridgehead atoms. The second kappa shape index (κ2) is 8.13. The van der Waals surface area contributed by atoms with Gasteiger partial charge in [-0.3, -0.25) is 4.79 Å². The molecular weight excluding hydrogens is 338 g/mol. The summed E-state index contributed by atoms with van der Waals surface area (Å²) in [4.78, 5) is 12.3. The molecule has 6 nitrogen and oxygen atoms in total. The van der Waals surface area contributed by atoms with E-state index in [-0.39, 0.29) is 10.8 Å². The number of anilines is 2. The minimum absolute atomic E-state index is 0.00356. The van der Waals surface area contributed by atoms with Crippen LogP contribution in [0.2, 0.25) is 0 Å². The molecule has 0 fully saturated rings. The Bertz CT molecular complexity index is 816. The Kier molecular flexibility index (Phi) is 6.17. The molecule has 1 amide bonds. The highest BCUT2D eigenvalue weighted by Crippen LogP contribution is 2.15. The first kappa shape index (κ1) is 19.0. The van der Waals surface area contributed by atoms with Crippen LogP contribution in [-0.4, -0.2) is 20.4 Å². The molecule has 0 radical (unpaired) electrons. The molecule has 0 spiro atoms. The highest BCUT2D eigenvalue weighted by Gasteiger charge is 2.13. The Morgan fingerprint density at radius 2 is 1.60 bits per heavy atom. The molecular formula is C18H23N3O3S. The van der Waals surface area contributed by atoms with E-state index in [2.05, 4.69) is 17.6 Å². The maximum absolute atomic E-state index is 12.3. The van der Waals surface area contributed by atoms with Crippen molar-refractivity contribution in [3.63, 3.8) is 0 Å². The molecule has 25 heavy (non-hydrogen) atoms. The topological polar surface area (TPSA) is 101 Å². The fraction of sp³-hybridized carbons (Fsp3) is 0.278. The van der Waals surface area contributed by atoms with E-state index < -0.39 is 16.1 Å². The van der Waals surface area contributed by atoms with Crippen molar-refractivity contribution >= 4 is 27.3 Å². The third-order valence-corrected chi connectivity index (χ3v) is 4.65. The minimum atomic E-state index is -3.74. The van der Waals surface area contributed by atoms with Crippen LogP contribution in [0.3, 0.4) is 0 Å². The number of nitrogens with two attached hydrogens (primary N) is 1. The summed E-state index contributed by atoms with van der Waals surface area (Å²) in [6.07, 6.45) is 2.13. The fourth-order valence-corrected chi connectivity index (χ4v) is 2.87. The van der Waals surface area contributed by atoms with Gasteiger partial charge in [0.25, 0.3) is 0 Å². The number of aryl methyl sites for hydroxylation is 1. The van der Waals surface area contributed by atoms with Crippen LogP contribution in [0.25, 0.3) is 0 Å². The number of primary sulfonamides is 1. The lowest BCUT2D eigenvalue weighted by molar-refractivity contribution is -0.116. The van der Waals surface area contributed by atoms with Crippen molar-refractivity contribution in [2.24, 2.45) is 5.14 Å². The molecule has 0 heterocycles. The third kappa shape index (κ3) is 5.58. The van der Waals surface area contributed by atoms with E-state index in [1.807, 2.05) is 24.3 Å². The van der Waals surface area contributed by atoms with Gasteiger partial charge in [0, 0.05) is 11.4 Å². The molecule has 1 atom stereocenters. The van der Waals surface area contributed by atoms with E-state index >= 15 is 0 Å². The Labute approximate surface area is 148 Å². The van der Waals surface area contributed by atoms with Crippen LogP contribution in [0, 0.1) is 0 Å². The summed E-state index contributed by atoms with van der Waals surface area (Å²) in [5.74, 6) is -0.221. The fourth-order valence-electron chi connectivity index (χ4n) is 2.35. The number of sulfonamides is 1. The lowest BCUT2D eigenvalue weighted by Crippen LogP contribution is -2.31. The quantitative estimate of drug-likeness (QED) is 0.706. The summed E-state index contributed by atoms with van der Waals surface area (Å²) in [6, 6.07) is 13.3. The van der Waals surface area contributed by atoms with Gasteiger partial charge in [0.15, 0.2) is 0 Å². The van der Waals surface area contributed by atoms with Crippen LogP contribution in [0.15, 0.2) is 53.4 Å². The van der Waals surface area contributed by atoms with Gasteiger partial charge in [0.05, 0.1) is 4.90 Å². The van der Waals surface area contributed by atoms with Gasteiger partial charge < -0.3 is 10.6 Å². The monoisotopic (exact) mass is 361 g/mol. The van der Waals surface area contributed by atoms with Gasteiger partial charge in [0.2, 0.25) is 15.9 Å². The number of rotatable bonds is 7. The lowest BCUT2D eigenvalue weighted by Gasteiger charge is -2.16. The van der Waals surface area contributed by atoms with Crippen LogP contribution in [0.1, 0.15) is 25.8 Å². The van der Waals surface area contributed by atoms with Gasteiger partial charge in [-0.25, -0.2) is 13.6 Å². The molecule has 0 aliphatic carbocycles. The van der Waals surface area contributed by atoms with Gasteiger partial charge in [-0.15, -0.1) is 0 Å². The number of amides is 1. The molecule has 0 aromatic heterocycles. The number of carbonyl (C=O) groups is 1. The van der Waals surface area contributed by atoms with Crippen LogP contribution >= 0.6 is 0 Å². The summed E-state index contributed by atoms with van der Waals surface area (Å²) in [5, 5.41) is 10.9. The van der Waals surface area contributed by atoms with E-state index in [1.54, 1.807) is 6.92 Å². The maximum atomic E-state index is 12.3. The van der Waals surface area contributed by atoms with Crippen molar-refractivity contribution < 1.29 is 13.2 Å². The SMILES string of the molecule is CCCc1ccc(NC(C)C(=O)Nc2ccc(S(N)(=O)=O)cc2)cc1. The molecule has 0 aliphatic rings. The summed E-state index contributed by atoms with van der Waals surface area (Å²) in [5.41, 5.74) is 2.64. The van der Waals surface area contributed by atoms with Crippen LogP contribution in [0.4, 0.5) is 11.4 Å². The first-order valence-corrected chi connectivity index (χ1v) is 9.63. The average Bonchev–Trinajstić information content (AvgIpc) is 2.56. The average molecular weight is 361 g/mol. The number of carbonyl (C=O) groups excluding carboxylic acids is 1. The van der Waals surface area contributed by atoms with Gasteiger partial charge >= 0.3 is 0 Å². The smallest absolute Gasteiger partial charge is 0.246 e. The molecule has 0 saturated heterocycles. The molecule has 2 aromatic rings. The van der Waals surface area contributed by atoms with E-state index in [0.29, 0.717) is 5.69 Å². The minimum Gasteiger partial charge on any atom is -0.374 e. The molecule has 0 saturated carbocycles. The number of benzene rings is 2. The molecule has 4 N–H and O–H groups in total. The van der Waals surface area contributed by atoms with E-state index in [1.165, 1.54) is 29.8 Å². The zero-order chi connectivity index (χ0) is 18.4. The van der Waals surface area contributed by atoms with Crippen molar-refractivity contribution in [2.45, 2.75) is 37.6 Å². The van der Waals surface area contributed by atoms with E-state index in [0.717, 1.165) is 18.5 Å². The van der Waals surface area contributed by atoms with Crippen molar-refractivity contribution in [1.29, 1.82) is 0 Å². The zero-order valence-corrected chi connectivity index (χ0v) is 15.1. The van der Waals surface area contributed by atoms with Gasteiger partial charge in [-0.05, 0) is 55.3 Å². The Morgan fingerprint density at radius 1 is 1.04 bits per heavy atom. The molecule has 7 heteroatoms. The van der Waals surface area contributed by atoms with Crippen LogP contribution in [0.5, 0.6) is 0 Å². The summed E-state index contributed by atoms with van der Waals surface area (Å²) in [6.45, 7) is 3.89. The predicted molar refractivity (Wildman–Crippen MR) is 100.0 cm³/mol. The highest BCUT2D eigenvalue weighted by molar-refractivity contribution is 7.89. The normalized spacial score (nSPS) is 12.4. The van der Waals surface area contributed by atoms with Crippen molar-refractivity contribution in [3.8, 4) is 0 Å². The van der Waals surface area contributed by atoms with Crippen molar-refractivity contribution in [2.75, 3.05) is 10.6 Å². The van der Waals surface area contributed by atoms with E-state index in [9.17, 15) is 13.2 Å². The van der Waals surface area contributed by atoms with Crippen molar-refractivity contribution in [3.05, 3.63) is 54.1 Å². The van der Waals surface area contributed by atoms with Gasteiger partial charge in [-0.2, -0.15) is 0 Å². The van der Waals surface area contributed by atoms with Crippen molar-refractivity contribution in [1.82, 2.24) is 0 Å². The lowest BCUT2D eigenvalue weighted by atomic mass is 10.1. The summed E-state index contributed by atoms with van der Waals surface area (Å²) >= 11 is 0. The Hall–Kier alpha value is -2.38.